The Kier molecular flexibility index (Phi) is 5.47. The van der Waals surface area contributed by atoms with Crippen LogP contribution in [0.4, 0.5) is 0 Å². The van der Waals surface area contributed by atoms with Crippen molar-refractivity contribution in [2.24, 2.45) is 0 Å². The van der Waals surface area contributed by atoms with Crippen LogP contribution in [0.2, 0.25) is 5.02 Å². The lowest BCUT2D eigenvalue weighted by molar-refractivity contribution is -0.131. The molecule has 7 heteroatoms. The highest BCUT2D eigenvalue weighted by atomic mass is 35.5. The second kappa shape index (κ2) is 7.13. The smallest absolute Gasteiger partial charge is 0.226 e. The summed E-state index contributed by atoms with van der Waals surface area (Å²) in [4.78, 5) is 13.7. The molecule has 5 nitrogen and oxygen atoms in total. The average Bonchev–Trinajstić information content (AvgIpc) is 2.62. The fraction of sp³-hybridized carbons (Fsp3) is 0.500. The summed E-state index contributed by atoms with van der Waals surface area (Å²) in [6, 6.07) is 7.07. The van der Waals surface area contributed by atoms with Crippen LogP contribution in [0.25, 0.3) is 0 Å². The number of carbonyl (C=O) groups is 1. The molecule has 0 unspecified atom stereocenters. The quantitative estimate of drug-likeness (QED) is 0.843. The summed E-state index contributed by atoms with van der Waals surface area (Å²) in [5, 5.41) is 0.505. The number of benzene rings is 1. The Morgan fingerprint density at radius 3 is 2.76 bits per heavy atom. The molecule has 1 aromatic carbocycles. The van der Waals surface area contributed by atoms with E-state index >= 15 is 0 Å². The van der Waals surface area contributed by atoms with Crippen LogP contribution in [0.1, 0.15) is 12.8 Å². The van der Waals surface area contributed by atoms with Crippen LogP contribution < -0.4 is 4.74 Å². The first-order valence-electron chi connectivity index (χ1n) is 6.83. The van der Waals surface area contributed by atoms with Gasteiger partial charge in [-0.1, -0.05) is 23.7 Å². The van der Waals surface area contributed by atoms with E-state index in [2.05, 4.69) is 0 Å². The SMILES string of the molecule is O=C(CCOc1ccccc1Cl)N1CCCS(=O)(=O)CC1. The van der Waals surface area contributed by atoms with Crippen molar-refractivity contribution < 1.29 is 17.9 Å². The van der Waals surface area contributed by atoms with Gasteiger partial charge in [-0.15, -0.1) is 0 Å². The van der Waals surface area contributed by atoms with Gasteiger partial charge in [-0.25, -0.2) is 8.42 Å². The summed E-state index contributed by atoms with van der Waals surface area (Å²) < 4.78 is 28.5. The molecule has 1 aromatic rings. The summed E-state index contributed by atoms with van der Waals surface area (Å²) in [7, 11) is -3.00. The molecule has 0 aromatic heterocycles. The van der Waals surface area contributed by atoms with Crippen LogP contribution in [0.5, 0.6) is 5.75 Å². The Morgan fingerprint density at radius 2 is 2.00 bits per heavy atom. The monoisotopic (exact) mass is 331 g/mol. The van der Waals surface area contributed by atoms with Gasteiger partial charge in [-0.05, 0) is 18.6 Å². The highest BCUT2D eigenvalue weighted by molar-refractivity contribution is 7.91. The standard InChI is InChI=1S/C14H18ClNO4S/c15-12-4-1-2-5-13(12)20-9-6-14(17)16-7-3-10-21(18,19)11-8-16/h1-2,4-5H,3,6-11H2. The van der Waals surface area contributed by atoms with Crippen LogP contribution in [0.15, 0.2) is 24.3 Å². The molecule has 116 valence electrons. The molecule has 0 spiro atoms. The molecule has 2 rings (SSSR count). The first-order valence-corrected chi connectivity index (χ1v) is 9.03. The highest BCUT2D eigenvalue weighted by Crippen LogP contribution is 2.23. The lowest BCUT2D eigenvalue weighted by atomic mass is 10.3. The average molecular weight is 332 g/mol. The minimum absolute atomic E-state index is 0.0457. The Labute approximate surface area is 129 Å². The number of amides is 1. The van der Waals surface area contributed by atoms with Gasteiger partial charge in [0.2, 0.25) is 5.91 Å². The number of nitrogens with zero attached hydrogens (tertiary/aromatic N) is 1. The lowest BCUT2D eigenvalue weighted by Gasteiger charge is -2.19. The zero-order valence-electron chi connectivity index (χ0n) is 11.6. The van der Waals surface area contributed by atoms with Gasteiger partial charge in [0.25, 0.3) is 0 Å². The van der Waals surface area contributed by atoms with Gasteiger partial charge < -0.3 is 9.64 Å². The van der Waals surface area contributed by atoms with Gasteiger partial charge in [-0.3, -0.25) is 4.79 Å². The Hall–Kier alpha value is -1.27. The van der Waals surface area contributed by atoms with Crippen LogP contribution >= 0.6 is 11.6 Å². The van der Waals surface area contributed by atoms with E-state index in [1.165, 1.54) is 0 Å². The Balaban J connectivity index is 1.81. The maximum atomic E-state index is 12.1. The predicted molar refractivity (Wildman–Crippen MR) is 81.4 cm³/mol. The van der Waals surface area contributed by atoms with Crippen molar-refractivity contribution >= 4 is 27.3 Å². The van der Waals surface area contributed by atoms with Crippen LogP contribution in [0, 0.1) is 0 Å². The molecule has 0 radical (unpaired) electrons. The topological polar surface area (TPSA) is 63.7 Å². The molecule has 1 saturated heterocycles. The van der Waals surface area contributed by atoms with Crippen molar-refractivity contribution in [3.05, 3.63) is 29.3 Å². The molecular weight excluding hydrogens is 314 g/mol. The number of hydrogen-bond donors (Lipinski definition) is 0. The van der Waals surface area contributed by atoms with Crippen LogP contribution in [-0.4, -0.2) is 50.4 Å². The van der Waals surface area contributed by atoms with Crippen molar-refractivity contribution in [2.45, 2.75) is 12.8 Å². The number of rotatable bonds is 4. The molecule has 0 atom stereocenters. The Bertz CT molecular complexity index is 603. The zero-order chi connectivity index (χ0) is 15.3. The fourth-order valence-corrected chi connectivity index (χ4v) is 3.62. The predicted octanol–water partition coefficient (Wildman–Crippen LogP) is 1.76. The van der Waals surface area contributed by atoms with Gasteiger partial charge in [0.05, 0.1) is 29.6 Å². The molecule has 0 saturated carbocycles. The van der Waals surface area contributed by atoms with Crippen molar-refractivity contribution in [1.82, 2.24) is 4.90 Å². The van der Waals surface area contributed by atoms with E-state index in [0.29, 0.717) is 23.7 Å². The third-order valence-corrected chi connectivity index (χ3v) is 5.35. The Morgan fingerprint density at radius 1 is 1.24 bits per heavy atom. The number of halogens is 1. The summed E-state index contributed by atoms with van der Waals surface area (Å²) in [5.41, 5.74) is 0. The first-order chi connectivity index (χ1) is 9.98. The minimum Gasteiger partial charge on any atom is -0.491 e. The molecule has 0 aliphatic carbocycles. The molecule has 1 aliphatic rings. The van der Waals surface area contributed by atoms with Gasteiger partial charge in [0.15, 0.2) is 9.84 Å². The fourth-order valence-electron chi connectivity index (χ4n) is 2.16. The van der Waals surface area contributed by atoms with E-state index in [4.69, 9.17) is 16.3 Å². The van der Waals surface area contributed by atoms with Crippen LogP contribution in [0.3, 0.4) is 0 Å². The number of para-hydroxylation sites is 1. The van der Waals surface area contributed by atoms with Crippen LogP contribution in [-0.2, 0) is 14.6 Å². The second-order valence-corrected chi connectivity index (χ2v) is 7.63. The summed E-state index contributed by atoms with van der Waals surface area (Å²) in [6.45, 7) is 0.989. The molecule has 1 heterocycles. The second-order valence-electron chi connectivity index (χ2n) is 4.92. The third kappa shape index (κ3) is 4.89. The molecule has 21 heavy (non-hydrogen) atoms. The van der Waals surface area contributed by atoms with E-state index < -0.39 is 9.84 Å². The van der Waals surface area contributed by atoms with E-state index in [9.17, 15) is 13.2 Å². The molecule has 1 amide bonds. The van der Waals surface area contributed by atoms with Crippen molar-refractivity contribution in [2.75, 3.05) is 31.2 Å². The van der Waals surface area contributed by atoms with Gasteiger partial charge in [0.1, 0.15) is 5.75 Å². The molecule has 0 N–H and O–H groups in total. The highest BCUT2D eigenvalue weighted by Gasteiger charge is 2.22. The molecule has 1 aliphatic heterocycles. The maximum absolute atomic E-state index is 12.1. The van der Waals surface area contributed by atoms with Crippen molar-refractivity contribution in [3.63, 3.8) is 0 Å². The largest absolute Gasteiger partial charge is 0.491 e. The zero-order valence-corrected chi connectivity index (χ0v) is 13.2. The molecule has 0 bridgehead atoms. The van der Waals surface area contributed by atoms with Crippen molar-refractivity contribution in [1.29, 1.82) is 0 Å². The molecular formula is C14H18ClNO4S. The number of ether oxygens (including phenoxy) is 1. The first kappa shape index (κ1) is 16.1. The summed E-state index contributed by atoms with van der Waals surface area (Å²) in [5.74, 6) is 0.668. The van der Waals surface area contributed by atoms with Gasteiger partial charge >= 0.3 is 0 Å². The van der Waals surface area contributed by atoms with E-state index in [1.54, 1.807) is 23.1 Å². The van der Waals surface area contributed by atoms with E-state index in [-0.39, 0.29) is 37.0 Å². The third-order valence-electron chi connectivity index (χ3n) is 3.32. The summed E-state index contributed by atoms with van der Waals surface area (Å²) in [6.07, 6.45) is 0.713. The summed E-state index contributed by atoms with van der Waals surface area (Å²) >= 11 is 5.95. The molecule has 1 fully saturated rings. The normalized spacial score (nSPS) is 18.0. The van der Waals surface area contributed by atoms with Crippen molar-refractivity contribution in [3.8, 4) is 5.75 Å². The van der Waals surface area contributed by atoms with E-state index in [1.807, 2.05) is 6.07 Å². The number of carbonyl (C=O) groups excluding carboxylic acids is 1. The van der Waals surface area contributed by atoms with Gasteiger partial charge in [0, 0.05) is 13.1 Å². The number of hydrogen-bond acceptors (Lipinski definition) is 4. The minimum atomic E-state index is -3.00. The lowest BCUT2D eigenvalue weighted by Crippen LogP contribution is -2.34. The van der Waals surface area contributed by atoms with Gasteiger partial charge in [-0.2, -0.15) is 0 Å². The maximum Gasteiger partial charge on any atom is 0.226 e. The number of sulfone groups is 1. The van der Waals surface area contributed by atoms with E-state index in [0.717, 1.165) is 0 Å².